The van der Waals surface area contributed by atoms with Gasteiger partial charge in [0.05, 0.1) is 0 Å². The summed E-state index contributed by atoms with van der Waals surface area (Å²) in [5, 5.41) is 8.31. The molecule has 94 valence electrons. The zero-order valence-electron chi connectivity index (χ0n) is 9.87. The molecular formula is C11H12N4O2S. The fraction of sp³-hybridized carbons (Fsp3) is 0.364. The van der Waals surface area contributed by atoms with Gasteiger partial charge in [0.2, 0.25) is 5.13 Å². The highest BCUT2D eigenvalue weighted by Crippen LogP contribution is 2.31. The van der Waals surface area contributed by atoms with Gasteiger partial charge in [0.15, 0.2) is 11.5 Å². The summed E-state index contributed by atoms with van der Waals surface area (Å²) in [5.41, 5.74) is 1.14. The molecule has 2 aromatic rings. The second-order valence-corrected chi connectivity index (χ2v) is 4.69. The lowest BCUT2D eigenvalue weighted by molar-refractivity contribution is 0.171. The molecule has 0 spiro atoms. The van der Waals surface area contributed by atoms with E-state index < -0.39 is 0 Å². The maximum Gasteiger partial charge on any atom is 0.227 e. The quantitative estimate of drug-likeness (QED) is 0.833. The fourth-order valence-corrected chi connectivity index (χ4v) is 2.23. The van der Waals surface area contributed by atoms with Crippen LogP contribution < -0.4 is 14.4 Å². The first kappa shape index (κ1) is 11.2. The minimum absolute atomic E-state index is 0.604. The van der Waals surface area contributed by atoms with Crippen molar-refractivity contribution in [3.63, 3.8) is 0 Å². The summed E-state index contributed by atoms with van der Waals surface area (Å²) in [7, 11) is 1.96. The van der Waals surface area contributed by atoms with Gasteiger partial charge in [-0.2, -0.15) is 0 Å². The van der Waals surface area contributed by atoms with Gasteiger partial charge >= 0.3 is 0 Å². The third-order valence-electron chi connectivity index (χ3n) is 2.64. The molecule has 0 saturated heterocycles. The molecule has 3 rings (SSSR count). The van der Waals surface area contributed by atoms with Gasteiger partial charge in [0.1, 0.15) is 13.2 Å². The third-order valence-corrected chi connectivity index (χ3v) is 3.35. The van der Waals surface area contributed by atoms with Crippen LogP contribution in [0.4, 0.5) is 5.13 Å². The lowest BCUT2D eigenvalue weighted by atomic mass is 10.2. The van der Waals surface area contributed by atoms with Gasteiger partial charge in [-0.15, -0.1) is 0 Å². The van der Waals surface area contributed by atoms with Gasteiger partial charge in [-0.1, -0.05) is 15.7 Å². The molecule has 0 amide bonds. The van der Waals surface area contributed by atoms with Gasteiger partial charge in [-0.3, -0.25) is 0 Å². The van der Waals surface area contributed by atoms with E-state index in [1.807, 2.05) is 30.1 Å². The third kappa shape index (κ3) is 2.21. The molecule has 1 aliphatic rings. The summed E-state index contributed by atoms with van der Waals surface area (Å²) in [5.74, 6) is 1.62. The van der Waals surface area contributed by atoms with Crippen LogP contribution in [0.1, 0.15) is 5.56 Å². The first-order valence-corrected chi connectivity index (χ1v) is 6.35. The number of nitrogens with zero attached hydrogens (tertiary/aromatic N) is 4. The van der Waals surface area contributed by atoms with Crippen LogP contribution in [0.5, 0.6) is 11.5 Å². The first-order valence-electron chi connectivity index (χ1n) is 5.57. The Balaban J connectivity index is 1.77. The smallest absolute Gasteiger partial charge is 0.227 e. The molecule has 0 saturated carbocycles. The minimum atomic E-state index is 0.604. The van der Waals surface area contributed by atoms with Crippen LogP contribution in [0.3, 0.4) is 0 Å². The minimum Gasteiger partial charge on any atom is -0.486 e. The summed E-state index contributed by atoms with van der Waals surface area (Å²) < 4.78 is 14.8. The Bertz CT molecular complexity index is 532. The maximum absolute atomic E-state index is 5.56. The molecule has 6 nitrogen and oxygen atoms in total. The van der Waals surface area contributed by atoms with E-state index in [2.05, 4.69) is 14.8 Å². The average Bonchev–Trinajstić information content (AvgIpc) is 2.92. The normalized spacial score (nSPS) is 13.4. The molecule has 0 aliphatic carbocycles. The largest absolute Gasteiger partial charge is 0.486 e. The molecule has 2 heterocycles. The van der Waals surface area contributed by atoms with Gasteiger partial charge < -0.3 is 14.4 Å². The molecular weight excluding hydrogens is 252 g/mol. The molecule has 18 heavy (non-hydrogen) atoms. The summed E-state index contributed by atoms with van der Waals surface area (Å²) in [6.45, 7) is 1.95. The van der Waals surface area contributed by atoms with Crippen LogP contribution in [0.2, 0.25) is 0 Å². The second-order valence-electron chi connectivity index (χ2n) is 3.98. The topological polar surface area (TPSA) is 60.4 Å². The van der Waals surface area contributed by atoms with E-state index in [4.69, 9.17) is 9.47 Å². The van der Waals surface area contributed by atoms with Crippen molar-refractivity contribution in [2.45, 2.75) is 6.54 Å². The second kappa shape index (κ2) is 4.77. The van der Waals surface area contributed by atoms with Crippen LogP contribution >= 0.6 is 11.5 Å². The van der Waals surface area contributed by atoms with E-state index in [1.54, 1.807) is 0 Å². The molecule has 0 atom stereocenters. The molecule has 0 N–H and O–H groups in total. The zero-order chi connectivity index (χ0) is 12.4. The molecule has 1 aromatic carbocycles. The number of benzene rings is 1. The molecule has 0 unspecified atom stereocenters. The van der Waals surface area contributed by atoms with E-state index in [0.717, 1.165) is 28.7 Å². The summed E-state index contributed by atoms with van der Waals surface area (Å²) >= 11 is 1.28. The van der Waals surface area contributed by atoms with Crippen LogP contribution in [-0.2, 0) is 6.54 Å². The van der Waals surface area contributed by atoms with Gasteiger partial charge in [-0.25, -0.2) is 0 Å². The molecule has 1 aromatic heterocycles. The molecule has 0 fully saturated rings. The number of ether oxygens (including phenoxy) is 2. The predicted molar refractivity (Wildman–Crippen MR) is 67.2 cm³/mol. The average molecular weight is 264 g/mol. The van der Waals surface area contributed by atoms with Crippen molar-refractivity contribution >= 4 is 16.7 Å². The van der Waals surface area contributed by atoms with Crippen molar-refractivity contribution in [2.75, 3.05) is 25.2 Å². The Hall–Kier alpha value is -1.89. The number of rotatable bonds is 3. The SMILES string of the molecule is CN(Cc1ccc2c(c1)OCCO2)c1nnns1. The van der Waals surface area contributed by atoms with Crippen molar-refractivity contribution in [1.82, 2.24) is 14.8 Å². The molecule has 1 aliphatic heterocycles. The number of anilines is 1. The highest BCUT2D eigenvalue weighted by Gasteiger charge is 2.13. The molecule has 7 heteroatoms. The van der Waals surface area contributed by atoms with Gasteiger partial charge in [0, 0.05) is 25.1 Å². The van der Waals surface area contributed by atoms with Crippen molar-refractivity contribution in [1.29, 1.82) is 0 Å². The Labute approximate surface area is 108 Å². The molecule has 0 radical (unpaired) electrons. The van der Waals surface area contributed by atoms with E-state index in [9.17, 15) is 0 Å². The Kier molecular flexibility index (Phi) is 2.97. The van der Waals surface area contributed by atoms with Crippen molar-refractivity contribution in [2.24, 2.45) is 0 Å². The zero-order valence-corrected chi connectivity index (χ0v) is 10.7. The van der Waals surface area contributed by atoms with E-state index in [-0.39, 0.29) is 0 Å². The van der Waals surface area contributed by atoms with Crippen LogP contribution in [-0.4, -0.2) is 35.1 Å². The fourth-order valence-electron chi connectivity index (χ4n) is 1.80. The van der Waals surface area contributed by atoms with Gasteiger partial charge in [0.25, 0.3) is 0 Å². The van der Waals surface area contributed by atoms with E-state index >= 15 is 0 Å². The highest BCUT2D eigenvalue weighted by atomic mass is 32.1. The van der Waals surface area contributed by atoms with Crippen LogP contribution in [0, 0.1) is 0 Å². The Morgan fingerprint density at radius 1 is 1.28 bits per heavy atom. The highest BCUT2D eigenvalue weighted by molar-refractivity contribution is 7.09. The Morgan fingerprint density at radius 3 is 2.89 bits per heavy atom. The number of aromatic nitrogens is 3. The Morgan fingerprint density at radius 2 is 2.11 bits per heavy atom. The van der Waals surface area contributed by atoms with E-state index in [1.165, 1.54) is 11.5 Å². The van der Waals surface area contributed by atoms with Crippen molar-refractivity contribution in [3.8, 4) is 11.5 Å². The van der Waals surface area contributed by atoms with Crippen LogP contribution in [0.15, 0.2) is 18.2 Å². The number of fused-ring (bicyclic) bond motifs is 1. The monoisotopic (exact) mass is 264 g/mol. The number of hydrogen-bond donors (Lipinski definition) is 0. The van der Waals surface area contributed by atoms with Crippen LogP contribution in [0.25, 0.3) is 0 Å². The summed E-state index contributed by atoms with van der Waals surface area (Å²) in [4.78, 5) is 2.00. The number of hydrogen-bond acceptors (Lipinski definition) is 7. The first-order chi connectivity index (χ1) is 8.83. The van der Waals surface area contributed by atoms with Gasteiger partial charge in [-0.05, 0) is 22.9 Å². The lowest BCUT2D eigenvalue weighted by Gasteiger charge is -2.20. The summed E-state index contributed by atoms with van der Waals surface area (Å²) in [6, 6.07) is 5.97. The van der Waals surface area contributed by atoms with Crippen molar-refractivity contribution < 1.29 is 9.47 Å². The standard InChI is InChI=1S/C11H12N4O2S/c1-15(11-12-13-14-18-11)7-8-2-3-9-10(6-8)17-5-4-16-9/h2-3,6H,4-5,7H2,1H3. The molecule has 0 bridgehead atoms. The summed E-state index contributed by atoms with van der Waals surface area (Å²) in [6.07, 6.45) is 0. The maximum atomic E-state index is 5.56. The van der Waals surface area contributed by atoms with Crippen molar-refractivity contribution in [3.05, 3.63) is 23.8 Å². The lowest BCUT2D eigenvalue weighted by Crippen LogP contribution is -2.18. The predicted octanol–water partition coefficient (Wildman–Crippen LogP) is 1.34. The van der Waals surface area contributed by atoms with E-state index in [0.29, 0.717) is 13.2 Å².